The minimum absolute atomic E-state index is 0.103. The Morgan fingerprint density at radius 2 is 1.82 bits per heavy atom. The second-order valence-corrected chi connectivity index (χ2v) is 10.6. The third kappa shape index (κ3) is 9.91. The summed E-state index contributed by atoms with van der Waals surface area (Å²) in [6.45, 7) is 4.40. The van der Waals surface area contributed by atoms with Crippen LogP contribution < -0.4 is 0 Å². The average molecular weight is 515 g/mol. The largest absolute Gasteiger partial charge is 0.394 e. The molecule has 1 aliphatic heterocycles. The molecule has 34 heavy (non-hydrogen) atoms. The number of hydrogen-bond donors (Lipinski definition) is 5. The molecule has 11 nitrogen and oxygen atoms in total. The lowest BCUT2D eigenvalue weighted by atomic mass is 10.1. The van der Waals surface area contributed by atoms with E-state index in [1.54, 1.807) is 12.2 Å². The van der Waals surface area contributed by atoms with Crippen LogP contribution in [0.3, 0.4) is 0 Å². The van der Waals surface area contributed by atoms with Crippen LogP contribution in [0.15, 0.2) is 12.2 Å². The van der Waals surface area contributed by atoms with E-state index in [9.17, 15) is 30.1 Å². The van der Waals surface area contributed by atoms with Crippen LogP contribution in [0.5, 0.6) is 0 Å². The predicted octanol–water partition coefficient (Wildman–Crippen LogP) is 0.950. The Labute approximate surface area is 202 Å². The van der Waals surface area contributed by atoms with Gasteiger partial charge < -0.3 is 48.8 Å². The Morgan fingerprint density at radius 1 is 1.15 bits per heavy atom. The molecule has 0 aromatic heterocycles. The van der Waals surface area contributed by atoms with Crippen LogP contribution >= 0.6 is 7.60 Å². The van der Waals surface area contributed by atoms with Gasteiger partial charge in [0.15, 0.2) is 6.29 Å². The van der Waals surface area contributed by atoms with Gasteiger partial charge in [0.1, 0.15) is 36.6 Å². The van der Waals surface area contributed by atoms with Gasteiger partial charge in [-0.1, -0.05) is 32.4 Å². The van der Waals surface area contributed by atoms with Gasteiger partial charge in [0.2, 0.25) is 0 Å². The van der Waals surface area contributed by atoms with Crippen LogP contribution in [-0.4, -0.2) is 108 Å². The number of aliphatic hydroxyl groups is 5. The maximum absolute atomic E-state index is 12.5. The minimum Gasteiger partial charge on any atom is -0.394 e. The standard InChI is InChI=1S/C22H43O11P/c1-5-8-9-11-34(28,29-4)31-14-17(25)19(26)16(24)13-30-22-20(27)21(18(12-23)33-22)32-15(7-3)10-6-2/h5,8,15-27H,6-7,9-14H2,1-4H3/b8-5+/t15?,16?,17?,18-,19?,20?,21?,22-,34?/m1/s1. The molecule has 12 heteroatoms. The molecule has 1 saturated heterocycles. The highest BCUT2D eigenvalue weighted by molar-refractivity contribution is 7.53. The molecule has 0 bridgehead atoms. The summed E-state index contributed by atoms with van der Waals surface area (Å²) < 4.78 is 39.4. The first-order valence-electron chi connectivity index (χ1n) is 11.8. The second kappa shape index (κ2) is 16.3. The van der Waals surface area contributed by atoms with Gasteiger partial charge in [0, 0.05) is 7.11 Å². The number of aliphatic hydroxyl groups excluding tert-OH is 5. The molecule has 1 aliphatic rings. The fourth-order valence-corrected chi connectivity index (χ4v) is 4.78. The summed E-state index contributed by atoms with van der Waals surface area (Å²) >= 11 is 0. The van der Waals surface area contributed by atoms with Crippen LogP contribution in [0.25, 0.3) is 0 Å². The van der Waals surface area contributed by atoms with Crippen molar-refractivity contribution in [2.45, 2.75) is 95.5 Å². The van der Waals surface area contributed by atoms with Gasteiger partial charge in [-0.05, 0) is 26.2 Å². The molecule has 0 radical (unpaired) electrons. The first-order valence-corrected chi connectivity index (χ1v) is 13.5. The zero-order chi connectivity index (χ0) is 25.7. The number of hydrogen-bond acceptors (Lipinski definition) is 11. The molecule has 9 atom stereocenters. The molecule has 0 amide bonds. The normalized spacial score (nSPS) is 28.6. The van der Waals surface area contributed by atoms with E-state index in [0.717, 1.165) is 19.3 Å². The van der Waals surface area contributed by atoms with E-state index in [1.165, 1.54) is 7.11 Å². The van der Waals surface area contributed by atoms with Gasteiger partial charge in [-0.2, -0.15) is 0 Å². The summed E-state index contributed by atoms with van der Waals surface area (Å²) in [5.74, 6) is 0. The monoisotopic (exact) mass is 514 g/mol. The summed E-state index contributed by atoms with van der Waals surface area (Å²) in [6, 6.07) is 0. The molecule has 0 saturated carbocycles. The van der Waals surface area contributed by atoms with E-state index in [-0.39, 0.29) is 18.9 Å². The van der Waals surface area contributed by atoms with Gasteiger partial charge in [-0.3, -0.25) is 4.57 Å². The molecule has 0 aromatic rings. The Hall–Kier alpha value is -0.430. The molecule has 1 rings (SSSR count). The van der Waals surface area contributed by atoms with Crippen molar-refractivity contribution in [3.05, 3.63) is 12.2 Å². The molecule has 1 heterocycles. The van der Waals surface area contributed by atoms with Gasteiger partial charge >= 0.3 is 7.60 Å². The van der Waals surface area contributed by atoms with Crippen molar-refractivity contribution in [2.24, 2.45) is 0 Å². The van der Waals surface area contributed by atoms with Gasteiger partial charge in [-0.15, -0.1) is 0 Å². The zero-order valence-corrected chi connectivity index (χ0v) is 21.5. The SMILES string of the molecule is C/C=C/CCP(=O)(OC)OCC(O)C(O)C(O)CO[C@@H]1O[C@H](CO)C(OC(CC)CCC)C1O. The van der Waals surface area contributed by atoms with Crippen molar-refractivity contribution in [3.63, 3.8) is 0 Å². The molecule has 202 valence electrons. The van der Waals surface area contributed by atoms with Crippen molar-refractivity contribution in [2.75, 3.05) is 33.1 Å². The Morgan fingerprint density at radius 3 is 2.38 bits per heavy atom. The predicted molar refractivity (Wildman–Crippen MR) is 124 cm³/mol. The van der Waals surface area contributed by atoms with E-state index in [0.29, 0.717) is 6.42 Å². The lowest BCUT2D eigenvalue weighted by molar-refractivity contribution is -0.194. The summed E-state index contributed by atoms with van der Waals surface area (Å²) in [4.78, 5) is 0. The first-order chi connectivity index (χ1) is 16.2. The first kappa shape index (κ1) is 31.6. The topological polar surface area (TPSA) is 164 Å². The molecular formula is C22H43O11P. The summed E-state index contributed by atoms with van der Waals surface area (Å²) in [5.41, 5.74) is 0. The van der Waals surface area contributed by atoms with Crippen molar-refractivity contribution >= 4 is 7.60 Å². The van der Waals surface area contributed by atoms with E-state index in [4.69, 9.17) is 23.3 Å². The van der Waals surface area contributed by atoms with Gasteiger partial charge in [-0.25, -0.2) is 0 Å². The lowest BCUT2D eigenvalue weighted by Crippen LogP contribution is -2.44. The smallest absolute Gasteiger partial charge is 0.330 e. The highest BCUT2D eigenvalue weighted by Crippen LogP contribution is 2.48. The lowest BCUT2D eigenvalue weighted by Gasteiger charge is -2.26. The van der Waals surface area contributed by atoms with Crippen molar-refractivity contribution in [1.82, 2.24) is 0 Å². The van der Waals surface area contributed by atoms with Crippen molar-refractivity contribution in [1.29, 1.82) is 0 Å². The molecule has 0 aromatic carbocycles. The third-order valence-corrected chi connectivity index (χ3v) is 7.54. The van der Waals surface area contributed by atoms with Crippen molar-refractivity contribution in [3.8, 4) is 0 Å². The second-order valence-electron chi connectivity index (χ2n) is 8.26. The molecule has 0 spiro atoms. The van der Waals surface area contributed by atoms with Crippen LogP contribution in [0.1, 0.15) is 46.5 Å². The average Bonchev–Trinajstić information content (AvgIpc) is 3.14. The minimum atomic E-state index is -3.46. The highest BCUT2D eigenvalue weighted by Gasteiger charge is 2.46. The number of allylic oxidation sites excluding steroid dienone is 2. The Kier molecular flexibility index (Phi) is 15.2. The van der Waals surface area contributed by atoms with E-state index in [2.05, 4.69) is 0 Å². The van der Waals surface area contributed by atoms with E-state index >= 15 is 0 Å². The maximum Gasteiger partial charge on any atom is 0.330 e. The van der Waals surface area contributed by atoms with Gasteiger partial charge in [0.05, 0.1) is 32.1 Å². The van der Waals surface area contributed by atoms with Gasteiger partial charge in [0.25, 0.3) is 0 Å². The quantitative estimate of drug-likeness (QED) is 0.131. The molecule has 0 aliphatic carbocycles. The third-order valence-electron chi connectivity index (χ3n) is 5.63. The van der Waals surface area contributed by atoms with Crippen LogP contribution in [-0.2, 0) is 27.8 Å². The van der Waals surface area contributed by atoms with E-state index < -0.39 is 63.7 Å². The zero-order valence-electron chi connectivity index (χ0n) is 20.6. The molecular weight excluding hydrogens is 471 g/mol. The Bertz CT molecular complexity index is 620. The number of ether oxygens (including phenoxy) is 3. The maximum atomic E-state index is 12.5. The van der Waals surface area contributed by atoms with Crippen LogP contribution in [0, 0.1) is 0 Å². The fraction of sp³-hybridized carbons (Fsp3) is 0.909. The summed E-state index contributed by atoms with van der Waals surface area (Å²) in [6.07, 6.45) is -2.38. The summed E-state index contributed by atoms with van der Waals surface area (Å²) in [5, 5.41) is 50.7. The van der Waals surface area contributed by atoms with Crippen molar-refractivity contribution < 1.29 is 53.4 Å². The van der Waals surface area contributed by atoms with Crippen LogP contribution in [0.2, 0.25) is 0 Å². The number of rotatable bonds is 18. The fourth-order valence-electron chi connectivity index (χ4n) is 3.52. The molecule has 5 N–H and O–H groups in total. The Balaban J connectivity index is 2.57. The molecule has 1 fully saturated rings. The van der Waals surface area contributed by atoms with Crippen LogP contribution in [0.4, 0.5) is 0 Å². The van der Waals surface area contributed by atoms with E-state index in [1.807, 2.05) is 20.8 Å². The molecule has 7 unspecified atom stereocenters. The summed E-state index contributed by atoms with van der Waals surface area (Å²) in [7, 11) is -2.22. The highest BCUT2D eigenvalue weighted by atomic mass is 31.2.